The first kappa shape index (κ1) is 70.3. The Morgan fingerprint density at radius 2 is 1.09 bits per heavy atom. The van der Waals surface area contributed by atoms with E-state index in [-0.39, 0.29) is 393 Å². The van der Waals surface area contributed by atoms with Crippen LogP contribution in [-0.2, 0) is 393 Å². The van der Waals surface area contributed by atoms with E-state index >= 15 is 0 Å². The summed E-state index contributed by atoms with van der Waals surface area (Å²) in [7, 11) is 0. The van der Waals surface area contributed by atoms with Crippen LogP contribution in [0.4, 0.5) is 0 Å². The molecule has 1 fully saturated rings. The molecule has 0 saturated carbocycles. The van der Waals surface area contributed by atoms with E-state index in [1.54, 1.807) is 12.7 Å². The number of piperidine rings is 1. The van der Waals surface area contributed by atoms with E-state index in [1.165, 1.54) is 12.8 Å². The third-order valence-corrected chi connectivity index (χ3v) is 2.12. The van der Waals surface area contributed by atoms with Gasteiger partial charge in [0.05, 0.1) is 6.04 Å². The standard InChI is InChI=1S/C7H12N4.12Y/c1-3-8-4-2-7(1)11-6-9-5-10-11;;;;;;;;;;;;/h5-8H,1-4H2;;;;;;;;;;;;. The Balaban J connectivity index is -0.0000000133. The van der Waals surface area contributed by atoms with Crippen LogP contribution in [0.3, 0.4) is 0 Å². The van der Waals surface area contributed by atoms with Crippen molar-refractivity contribution in [3.8, 4) is 0 Å². The van der Waals surface area contributed by atoms with Crippen molar-refractivity contribution in [2.24, 2.45) is 0 Å². The van der Waals surface area contributed by atoms with Crippen LogP contribution in [0.1, 0.15) is 18.9 Å². The van der Waals surface area contributed by atoms with E-state index in [4.69, 9.17) is 0 Å². The smallest absolute Gasteiger partial charge is 0.137 e. The molecule has 1 aliphatic heterocycles. The van der Waals surface area contributed by atoms with Gasteiger partial charge in [0.1, 0.15) is 12.7 Å². The predicted octanol–water partition coefficient (Wildman–Crippen LogP) is 0.173. The number of aromatic nitrogens is 3. The van der Waals surface area contributed by atoms with Gasteiger partial charge in [-0.05, 0) is 25.9 Å². The molecule has 12 radical (unpaired) electrons. The Labute approximate surface area is 442 Å². The van der Waals surface area contributed by atoms with Crippen LogP contribution in [0.25, 0.3) is 0 Å². The molecular weight excluding hydrogens is 1210 g/mol. The summed E-state index contributed by atoms with van der Waals surface area (Å²) in [5.74, 6) is 0. The van der Waals surface area contributed by atoms with Crippen LogP contribution in [0, 0.1) is 0 Å². The van der Waals surface area contributed by atoms with Gasteiger partial charge in [-0.1, -0.05) is 0 Å². The fourth-order valence-corrected chi connectivity index (χ4v) is 1.48. The number of hydrogen-bond acceptors (Lipinski definition) is 3. The van der Waals surface area contributed by atoms with Crippen molar-refractivity contribution in [1.82, 2.24) is 20.1 Å². The largest absolute Gasteiger partial charge is 0.317 e. The van der Waals surface area contributed by atoms with Gasteiger partial charge in [0.25, 0.3) is 0 Å². The molecule has 96 valence electrons. The van der Waals surface area contributed by atoms with Crippen molar-refractivity contribution in [2.75, 3.05) is 13.1 Å². The van der Waals surface area contributed by atoms with Gasteiger partial charge in [-0.25, -0.2) is 9.67 Å². The Bertz CT molecular complexity index is 223. The summed E-state index contributed by atoms with van der Waals surface area (Å²) in [6, 6.07) is 0.568. The van der Waals surface area contributed by atoms with Crippen molar-refractivity contribution in [3.05, 3.63) is 12.7 Å². The van der Waals surface area contributed by atoms with Gasteiger partial charge in [0.15, 0.2) is 0 Å². The average Bonchev–Trinajstić information content (AvgIpc) is 2.58. The van der Waals surface area contributed by atoms with E-state index in [0.717, 1.165) is 13.1 Å². The Morgan fingerprint density at radius 1 is 0.696 bits per heavy atom. The van der Waals surface area contributed by atoms with E-state index < -0.39 is 0 Å². The molecule has 0 aliphatic carbocycles. The molecule has 1 aliphatic rings. The zero-order chi connectivity index (χ0) is 7.52. The number of rotatable bonds is 1. The maximum Gasteiger partial charge on any atom is 0.137 e. The Hall–Kier alpha value is 12.3. The summed E-state index contributed by atoms with van der Waals surface area (Å²) in [5.41, 5.74) is 0. The first-order chi connectivity index (χ1) is 5.47. The Morgan fingerprint density at radius 3 is 1.39 bits per heavy atom. The Kier molecular flexibility index (Phi) is 156. The third-order valence-electron chi connectivity index (χ3n) is 2.12. The third kappa shape index (κ3) is 36.6. The van der Waals surface area contributed by atoms with Gasteiger partial charge in [-0.3, -0.25) is 0 Å². The summed E-state index contributed by atoms with van der Waals surface area (Å²) < 4.78 is 1.96. The minimum absolute atomic E-state index is 0. The zero-order valence-electron chi connectivity index (χ0n) is 13.3. The molecule has 23 heavy (non-hydrogen) atoms. The zero-order valence-corrected chi connectivity index (χ0v) is 47.4. The van der Waals surface area contributed by atoms with Crippen LogP contribution < -0.4 is 5.32 Å². The summed E-state index contributed by atoms with van der Waals surface area (Å²) in [5, 5.41) is 7.43. The van der Waals surface area contributed by atoms with E-state index in [1.807, 2.05) is 4.68 Å². The molecule has 4 nitrogen and oxygen atoms in total. The van der Waals surface area contributed by atoms with E-state index in [9.17, 15) is 0 Å². The molecule has 0 spiro atoms. The second kappa shape index (κ2) is 51.1. The van der Waals surface area contributed by atoms with Crippen molar-refractivity contribution >= 4 is 0 Å². The van der Waals surface area contributed by atoms with E-state index in [0.29, 0.717) is 6.04 Å². The molecule has 1 aromatic rings. The van der Waals surface area contributed by atoms with Gasteiger partial charge in [0.2, 0.25) is 0 Å². The van der Waals surface area contributed by atoms with Crippen LogP contribution >= 0.6 is 0 Å². The van der Waals surface area contributed by atoms with Gasteiger partial charge in [-0.2, -0.15) is 5.10 Å². The molecule has 0 atom stereocenters. The average molecular weight is 1220 g/mol. The molecule has 1 N–H and O–H groups in total. The number of nitrogens with one attached hydrogen (secondary N) is 1. The van der Waals surface area contributed by atoms with Crippen LogP contribution in [0.15, 0.2) is 12.7 Å². The van der Waals surface area contributed by atoms with Crippen molar-refractivity contribution < 1.29 is 393 Å². The summed E-state index contributed by atoms with van der Waals surface area (Å²) in [4.78, 5) is 3.93. The minimum Gasteiger partial charge on any atom is -0.317 e. The fourth-order valence-electron chi connectivity index (χ4n) is 1.48. The quantitative estimate of drug-likeness (QED) is 0.437. The first-order valence-corrected chi connectivity index (χ1v) is 4.01. The van der Waals surface area contributed by atoms with Gasteiger partial charge >= 0.3 is 0 Å². The second-order valence-corrected chi connectivity index (χ2v) is 2.86. The monoisotopic (exact) mass is 1220 g/mol. The summed E-state index contributed by atoms with van der Waals surface area (Å²) in [6.07, 6.45) is 5.74. The number of nitrogens with zero attached hydrogens (tertiary/aromatic N) is 3. The van der Waals surface area contributed by atoms with Crippen molar-refractivity contribution in [1.29, 1.82) is 0 Å². The van der Waals surface area contributed by atoms with Gasteiger partial charge in [0, 0.05) is 393 Å². The molecule has 0 unspecified atom stereocenters. The molecule has 0 aromatic carbocycles. The van der Waals surface area contributed by atoms with Crippen LogP contribution in [0.2, 0.25) is 0 Å². The van der Waals surface area contributed by atoms with E-state index in [2.05, 4.69) is 15.4 Å². The summed E-state index contributed by atoms with van der Waals surface area (Å²) >= 11 is 0. The molecular formula is C7H12N4Y12. The summed E-state index contributed by atoms with van der Waals surface area (Å²) in [6.45, 7) is 2.20. The number of hydrogen-bond donors (Lipinski definition) is 1. The molecule has 2 rings (SSSR count). The molecule has 0 bridgehead atoms. The molecule has 16 heteroatoms. The van der Waals surface area contributed by atoms with Gasteiger partial charge < -0.3 is 5.32 Å². The normalized spacial score (nSPS) is 9.74. The SMILES string of the molecule is [Y].[Y].[Y].[Y].[Y].[Y].[Y].[Y].[Y].[Y].[Y].[Y].c1ncn(C2CCNCC2)n1. The maximum absolute atomic E-state index is 4.12. The first-order valence-electron chi connectivity index (χ1n) is 4.01. The van der Waals surface area contributed by atoms with Crippen LogP contribution in [0.5, 0.6) is 0 Å². The minimum atomic E-state index is 0. The second-order valence-electron chi connectivity index (χ2n) is 2.86. The van der Waals surface area contributed by atoms with Gasteiger partial charge in [-0.15, -0.1) is 0 Å². The maximum atomic E-state index is 4.12. The van der Waals surface area contributed by atoms with Crippen molar-refractivity contribution in [2.45, 2.75) is 18.9 Å². The predicted molar refractivity (Wildman–Crippen MR) is 41.2 cm³/mol. The van der Waals surface area contributed by atoms with Crippen LogP contribution in [-0.4, -0.2) is 27.9 Å². The fraction of sp³-hybridized carbons (Fsp3) is 0.714. The molecule has 1 saturated heterocycles. The molecule has 1 aromatic heterocycles. The molecule has 0 amide bonds. The molecule has 2 heterocycles. The van der Waals surface area contributed by atoms with Crippen molar-refractivity contribution in [3.63, 3.8) is 0 Å². The topological polar surface area (TPSA) is 42.7 Å².